The average Bonchev–Trinajstić information content (AvgIpc) is 3.23. The topological polar surface area (TPSA) is 45.5 Å². The molecule has 1 aliphatic rings. The van der Waals surface area contributed by atoms with Gasteiger partial charge in [-0.15, -0.1) is 0 Å². The lowest BCUT2D eigenvalue weighted by Crippen LogP contribution is -2.40. The van der Waals surface area contributed by atoms with Gasteiger partial charge in [0.25, 0.3) is 0 Å². The highest BCUT2D eigenvalue weighted by Gasteiger charge is 2.26. The van der Waals surface area contributed by atoms with Crippen LogP contribution in [-0.2, 0) is 13.6 Å². The minimum Gasteiger partial charge on any atom is -0.357 e. The number of hydrogen-bond donors (Lipinski definition) is 1. The summed E-state index contributed by atoms with van der Waals surface area (Å²) in [6.45, 7) is 5.17. The Kier molecular flexibility index (Phi) is 5.73. The van der Waals surface area contributed by atoms with Crippen LogP contribution >= 0.6 is 15.9 Å². The fraction of sp³-hybridized carbons (Fsp3) is 0.444. The fourth-order valence-corrected chi connectivity index (χ4v) is 3.50. The van der Waals surface area contributed by atoms with Gasteiger partial charge in [0.05, 0.1) is 12.7 Å². The van der Waals surface area contributed by atoms with E-state index in [1.807, 2.05) is 17.9 Å². The molecule has 0 spiro atoms. The van der Waals surface area contributed by atoms with Gasteiger partial charge >= 0.3 is 0 Å². The number of nitrogens with one attached hydrogen (secondary N) is 1. The van der Waals surface area contributed by atoms with Crippen LogP contribution in [0.4, 0.5) is 4.39 Å². The highest BCUT2D eigenvalue weighted by atomic mass is 79.9. The van der Waals surface area contributed by atoms with Crippen molar-refractivity contribution in [1.82, 2.24) is 20.0 Å². The van der Waals surface area contributed by atoms with Crippen molar-refractivity contribution in [2.24, 2.45) is 12.0 Å². The molecule has 1 fully saturated rings. The number of aromatic nitrogens is 2. The number of likely N-dealkylation sites (tertiary alicyclic amines) is 1. The summed E-state index contributed by atoms with van der Waals surface area (Å²) in [4.78, 5) is 6.99. The summed E-state index contributed by atoms with van der Waals surface area (Å²) in [6, 6.07) is 4.70. The van der Waals surface area contributed by atoms with Crippen LogP contribution in [-0.4, -0.2) is 40.3 Å². The SMILES string of the molecule is CCNC(=NCc1cc(F)ccc1Br)N1CCC(c2cnn(C)c2)C1. The molecule has 1 aromatic heterocycles. The highest BCUT2D eigenvalue weighted by Crippen LogP contribution is 2.27. The molecule has 1 N–H and O–H groups in total. The number of aliphatic imine (C=N–C) groups is 1. The van der Waals surface area contributed by atoms with Crippen LogP contribution in [0.2, 0.25) is 0 Å². The summed E-state index contributed by atoms with van der Waals surface area (Å²) in [5, 5.41) is 7.63. The van der Waals surface area contributed by atoms with Crippen LogP contribution in [0, 0.1) is 5.82 Å². The molecule has 2 aromatic rings. The van der Waals surface area contributed by atoms with E-state index >= 15 is 0 Å². The molecule has 1 aliphatic heterocycles. The Hall–Kier alpha value is -1.89. The molecule has 0 bridgehead atoms. The third kappa shape index (κ3) is 4.39. The van der Waals surface area contributed by atoms with E-state index in [0.717, 1.165) is 42.1 Å². The Bertz CT molecular complexity index is 758. The van der Waals surface area contributed by atoms with Crippen molar-refractivity contribution in [3.8, 4) is 0 Å². The van der Waals surface area contributed by atoms with E-state index in [2.05, 4.69) is 44.4 Å². The van der Waals surface area contributed by atoms with E-state index in [-0.39, 0.29) is 5.82 Å². The number of halogens is 2. The average molecular weight is 408 g/mol. The molecule has 1 aromatic carbocycles. The Balaban J connectivity index is 1.71. The summed E-state index contributed by atoms with van der Waals surface area (Å²) in [5.41, 5.74) is 2.12. The molecule has 1 atom stereocenters. The van der Waals surface area contributed by atoms with Crippen molar-refractivity contribution >= 4 is 21.9 Å². The molecular weight excluding hydrogens is 385 g/mol. The van der Waals surface area contributed by atoms with Crippen molar-refractivity contribution in [2.75, 3.05) is 19.6 Å². The van der Waals surface area contributed by atoms with Crippen molar-refractivity contribution in [3.63, 3.8) is 0 Å². The number of rotatable bonds is 4. The van der Waals surface area contributed by atoms with Crippen molar-refractivity contribution in [1.29, 1.82) is 0 Å². The van der Waals surface area contributed by atoms with Crippen molar-refractivity contribution in [2.45, 2.75) is 25.8 Å². The summed E-state index contributed by atoms with van der Waals surface area (Å²) in [7, 11) is 1.94. The van der Waals surface area contributed by atoms with Crippen LogP contribution in [0.3, 0.4) is 0 Å². The number of hydrogen-bond acceptors (Lipinski definition) is 2. The molecule has 25 heavy (non-hydrogen) atoms. The number of nitrogens with zero attached hydrogens (tertiary/aromatic N) is 4. The van der Waals surface area contributed by atoms with Gasteiger partial charge in [0.2, 0.25) is 0 Å². The highest BCUT2D eigenvalue weighted by molar-refractivity contribution is 9.10. The van der Waals surface area contributed by atoms with E-state index in [1.54, 1.807) is 6.07 Å². The van der Waals surface area contributed by atoms with Gasteiger partial charge in [0.15, 0.2) is 5.96 Å². The van der Waals surface area contributed by atoms with E-state index in [4.69, 9.17) is 4.99 Å². The van der Waals surface area contributed by atoms with E-state index in [1.165, 1.54) is 17.7 Å². The molecule has 3 rings (SSSR count). The molecule has 1 unspecified atom stereocenters. The molecule has 7 heteroatoms. The number of guanidine groups is 1. The van der Waals surface area contributed by atoms with Gasteiger partial charge in [-0.3, -0.25) is 4.68 Å². The minimum atomic E-state index is -0.240. The third-order valence-corrected chi connectivity index (χ3v) is 5.20. The monoisotopic (exact) mass is 407 g/mol. The van der Waals surface area contributed by atoms with Gasteiger partial charge in [0, 0.05) is 43.3 Å². The molecule has 0 aliphatic carbocycles. The molecule has 0 amide bonds. The molecule has 0 saturated carbocycles. The van der Waals surface area contributed by atoms with Crippen LogP contribution in [0.1, 0.15) is 30.4 Å². The zero-order chi connectivity index (χ0) is 17.8. The minimum absolute atomic E-state index is 0.240. The van der Waals surface area contributed by atoms with E-state index in [0.29, 0.717) is 12.5 Å². The lowest BCUT2D eigenvalue weighted by atomic mass is 10.0. The molecule has 1 saturated heterocycles. The second kappa shape index (κ2) is 7.99. The molecule has 0 radical (unpaired) electrons. The second-order valence-corrected chi connectivity index (χ2v) is 7.14. The zero-order valence-electron chi connectivity index (χ0n) is 14.5. The lowest BCUT2D eigenvalue weighted by Gasteiger charge is -2.21. The normalized spacial score (nSPS) is 18.0. The summed E-state index contributed by atoms with van der Waals surface area (Å²) < 4.78 is 16.2. The first-order valence-corrected chi connectivity index (χ1v) is 9.32. The fourth-order valence-electron chi connectivity index (χ4n) is 3.13. The van der Waals surface area contributed by atoms with Gasteiger partial charge in [-0.25, -0.2) is 9.38 Å². The predicted molar refractivity (Wildman–Crippen MR) is 101 cm³/mol. The van der Waals surface area contributed by atoms with Gasteiger partial charge in [0.1, 0.15) is 5.82 Å². The Morgan fingerprint density at radius 3 is 3.04 bits per heavy atom. The first kappa shape index (κ1) is 17.9. The summed E-state index contributed by atoms with van der Waals surface area (Å²) >= 11 is 3.47. The van der Waals surface area contributed by atoms with Gasteiger partial charge < -0.3 is 10.2 Å². The molecular formula is C18H23BrFN5. The largest absolute Gasteiger partial charge is 0.357 e. The maximum absolute atomic E-state index is 13.5. The summed E-state index contributed by atoms with van der Waals surface area (Å²) in [5.74, 6) is 1.11. The first-order chi connectivity index (χ1) is 12.1. The van der Waals surface area contributed by atoms with E-state index in [9.17, 15) is 4.39 Å². The lowest BCUT2D eigenvalue weighted by molar-refractivity contribution is 0.486. The molecule has 5 nitrogen and oxygen atoms in total. The van der Waals surface area contributed by atoms with Crippen molar-refractivity contribution < 1.29 is 4.39 Å². The predicted octanol–water partition coefficient (Wildman–Crippen LogP) is 3.28. The Morgan fingerprint density at radius 2 is 2.32 bits per heavy atom. The number of aryl methyl sites for hydroxylation is 1. The summed E-state index contributed by atoms with van der Waals surface area (Å²) in [6.07, 6.45) is 5.12. The third-order valence-electron chi connectivity index (χ3n) is 4.43. The second-order valence-electron chi connectivity index (χ2n) is 6.28. The maximum Gasteiger partial charge on any atom is 0.194 e. The smallest absolute Gasteiger partial charge is 0.194 e. The van der Waals surface area contributed by atoms with E-state index < -0.39 is 0 Å². The maximum atomic E-state index is 13.5. The Labute approximate surface area is 156 Å². The van der Waals surface area contributed by atoms with Crippen LogP contribution in [0.15, 0.2) is 40.1 Å². The van der Waals surface area contributed by atoms with Gasteiger partial charge in [-0.1, -0.05) is 15.9 Å². The van der Waals surface area contributed by atoms with Crippen molar-refractivity contribution in [3.05, 3.63) is 52.0 Å². The van der Waals surface area contributed by atoms with Crippen LogP contribution < -0.4 is 5.32 Å². The zero-order valence-corrected chi connectivity index (χ0v) is 16.1. The standard InChI is InChI=1S/C18H23BrFN5/c1-3-21-18(22-9-14-8-16(20)4-5-17(14)19)25-7-6-13(12-25)15-10-23-24(2)11-15/h4-5,8,10-11,13H,3,6-7,9,12H2,1-2H3,(H,21,22). The van der Waals surface area contributed by atoms with Crippen LogP contribution in [0.5, 0.6) is 0 Å². The number of benzene rings is 1. The Morgan fingerprint density at radius 1 is 1.48 bits per heavy atom. The molecule has 134 valence electrons. The van der Waals surface area contributed by atoms with Gasteiger partial charge in [-0.05, 0) is 42.7 Å². The first-order valence-electron chi connectivity index (χ1n) is 8.52. The quantitative estimate of drug-likeness (QED) is 0.624. The van der Waals surface area contributed by atoms with Crippen LogP contribution in [0.25, 0.3) is 0 Å². The molecule has 2 heterocycles. The van der Waals surface area contributed by atoms with Gasteiger partial charge in [-0.2, -0.15) is 5.10 Å².